The number of methoxy groups -OCH3 is 1. The van der Waals surface area contributed by atoms with Crippen molar-refractivity contribution in [3.63, 3.8) is 0 Å². The lowest BCUT2D eigenvalue weighted by Crippen LogP contribution is -2.44. The van der Waals surface area contributed by atoms with Gasteiger partial charge in [-0.3, -0.25) is 4.79 Å². The molecular formula is C12H13BrN2O5. The number of hydrogen-bond donors (Lipinski definition) is 3. The minimum Gasteiger partial charge on any atom is -0.480 e. The molecule has 2 amide bonds. The zero-order valence-electron chi connectivity index (χ0n) is 10.6. The van der Waals surface area contributed by atoms with Crippen LogP contribution in [-0.4, -0.2) is 36.2 Å². The Morgan fingerprint density at radius 3 is 2.65 bits per heavy atom. The molecule has 1 rings (SSSR count). The van der Waals surface area contributed by atoms with Crippen LogP contribution in [0.25, 0.3) is 0 Å². The second-order valence-electron chi connectivity index (χ2n) is 3.78. The maximum atomic E-state index is 11.7. The molecule has 0 aliphatic carbocycles. The molecule has 0 heterocycles. The van der Waals surface area contributed by atoms with E-state index in [2.05, 4.69) is 31.3 Å². The topological polar surface area (TPSA) is 105 Å². The van der Waals surface area contributed by atoms with Crippen molar-refractivity contribution in [1.82, 2.24) is 5.32 Å². The van der Waals surface area contributed by atoms with E-state index < -0.39 is 30.4 Å². The number of ether oxygens (including phenoxy) is 1. The summed E-state index contributed by atoms with van der Waals surface area (Å²) < 4.78 is 5.13. The van der Waals surface area contributed by atoms with Crippen LogP contribution in [0.4, 0.5) is 10.5 Å². The molecule has 7 nitrogen and oxygen atoms in total. The number of halogens is 1. The molecule has 0 saturated carbocycles. The summed E-state index contributed by atoms with van der Waals surface area (Å²) in [5.74, 6) is -2.04. The summed E-state index contributed by atoms with van der Waals surface area (Å²) in [6.07, 6.45) is -0.447. The molecule has 3 N–H and O–H groups in total. The first-order valence-corrected chi connectivity index (χ1v) is 6.34. The Labute approximate surface area is 123 Å². The van der Waals surface area contributed by atoms with Crippen LogP contribution >= 0.6 is 15.9 Å². The smallest absolute Gasteiger partial charge is 0.326 e. The molecule has 20 heavy (non-hydrogen) atoms. The number of amides is 2. The van der Waals surface area contributed by atoms with Gasteiger partial charge in [-0.25, -0.2) is 9.59 Å². The van der Waals surface area contributed by atoms with E-state index in [0.29, 0.717) is 5.69 Å². The second-order valence-corrected chi connectivity index (χ2v) is 4.70. The van der Waals surface area contributed by atoms with Gasteiger partial charge in [-0.1, -0.05) is 22.0 Å². The number of esters is 1. The number of benzene rings is 1. The van der Waals surface area contributed by atoms with E-state index in [1.165, 1.54) is 0 Å². The van der Waals surface area contributed by atoms with Crippen molar-refractivity contribution in [3.05, 3.63) is 28.7 Å². The third-order valence-corrected chi connectivity index (χ3v) is 2.78. The highest BCUT2D eigenvalue weighted by Crippen LogP contribution is 2.15. The fourth-order valence-electron chi connectivity index (χ4n) is 1.34. The second kappa shape index (κ2) is 7.49. The predicted octanol–water partition coefficient (Wildman–Crippen LogP) is 1.59. The van der Waals surface area contributed by atoms with Gasteiger partial charge < -0.3 is 20.5 Å². The maximum Gasteiger partial charge on any atom is 0.326 e. The van der Waals surface area contributed by atoms with E-state index in [0.717, 1.165) is 11.6 Å². The number of anilines is 1. The molecule has 1 aromatic carbocycles. The van der Waals surface area contributed by atoms with Crippen LogP contribution in [0.15, 0.2) is 28.7 Å². The van der Waals surface area contributed by atoms with Gasteiger partial charge in [0.1, 0.15) is 6.04 Å². The first kappa shape index (κ1) is 16.0. The molecule has 0 aromatic heterocycles. The van der Waals surface area contributed by atoms with Crippen LogP contribution in [0.5, 0.6) is 0 Å². The summed E-state index contributed by atoms with van der Waals surface area (Å²) in [6, 6.07) is 4.70. The minimum atomic E-state index is -1.35. The standard InChI is InChI=1S/C12H13BrN2O5/c1-20-10(16)6-9(11(17)18)15-12(19)14-8-4-2-3-7(13)5-8/h2-5,9H,6H2,1H3,(H,17,18)(H2,14,15,19)/t9-/m0/s1. The number of carboxylic acids is 1. The molecule has 0 spiro atoms. The van der Waals surface area contributed by atoms with Gasteiger partial charge in [-0.05, 0) is 18.2 Å². The quantitative estimate of drug-likeness (QED) is 0.703. The van der Waals surface area contributed by atoms with Crippen molar-refractivity contribution in [2.24, 2.45) is 0 Å². The number of hydrogen-bond acceptors (Lipinski definition) is 4. The minimum absolute atomic E-state index is 0.447. The van der Waals surface area contributed by atoms with Gasteiger partial charge in [0.15, 0.2) is 0 Å². The summed E-state index contributed by atoms with van der Waals surface area (Å²) >= 11 is 3.24. The lowest BCUT2D eigenvalue weighted by Gasteiger charge is -2.14. The molecule has 0 radical (unpaired) electrons. The van der Waals surface area contributed by atoms with Crippen LogP contribution in [0.2, 0.25) is 0 Å². The van der Waals surface area contributed by atoms with Gasteiger partial charge in [0.25, 0.3) is 0 Å². The zero-order valence-corrected chi connectivity index (χ0v) is 12.1. The average Bonchev–Trinajstić information content (AvgIpc) is 2.37. The number of carbonyl (C=O) groups excluding carboxylic acids is 2. The predicted molar refractivity (Wildman–Crippen MR) is 74.4 cm³/mol. The van der Waals surface area contributed by atoms with Crippen molar-refractivity contribution in [1.29, 1.82) is 0 Å². The third kappa shape index (κ3) is 5.27. The van der Waals surface area contributed by atoms with Gasteiger partial charge in [-0.2, -0.15) is 0 Å². The van der Waals surface area contributed by atoms with Gasteiger partial charge >= 0.3 is 18.0 Å². The summed E-state index contributed by atoms with van der Waals surface area (Å²) in [7, 11) is 1.14. The van der Waals surface area contributed by atoms with Crippen LogP contribution in [0.3, 0.4) is 0 Å². The molecule has 1 atom stereocenters. The van der Waals surface area contributed by atoms with Crippen molar-refractivity contribution in [3.8, 4) is 0 Å². The first-order valence-electron chi connectivity index (χ1n) is 5.55. The zero-order chi connectivity index (χ0) is 15.1. The summed E-state index contributed by atoms with van der Waals surface area (Å²) in [5, 5.41) is 13.6. The normalized spacial score (nSPS) is 11.3. The number of nitrogens with one attached hydrogen (secondary N) is 2. The van der Waals surface area contributed by atoms with Gasteiger partial charge in [0.05, 0.1) is 13.5 Å². The molecule has 1 aromatic rings. The van der Waals surface area contributed by atoms with E-state index in [4.69, 9.17) is 5.11 Å². The molecular weight excluding hydrogens is 332 g/mol. The van der Waals surface area contributed by atoms with E-state index in [1.807, 2.05) is 0 Å². The molecule has 0 saturated heterocycles. The SMILES string of the molecule is COC(=O)C[C@H](NC(=O)Nc1cccc(Br)c1)C(=O)O. The van der Waals surface area contributed by atoms with E-state index >= 15 is 0 Å². The molecule has 0 aliphatic heterocycles. The van der Waals surface area contributed by atoms with Crippen molar-refractivity contribution >= 4 is 39.6 Å². The molecule has 0 aliphatic rings. The van der Waals surface area contributed by atoms with Crippen molar-refractivity contribution in [2.75, 3.05) is 12.4 Å². The fraction of sp³-hybridized carbons (Fsp3) is 0.250. The largest absolute Gasteiger partial charge is 0.480 e. The van der Waals surface area contributed by atoms with Crippen LogP contribution in [-0.2, 0) is 14.3 Å². The fourth-order valence-corrected chi connectivity index (χ4v) is 1.74. The van der Waals surface area contributed by atoms with Gasteiger partial charge in [-0.15, -0.1) is 0 Å². The Bertz CT molecular complexity index is 520. The lowest BCUT2D eigenvalue weighted by molar-refractivity contribution is -0.147. The Morgan fingerprint density at radius 2 is 2.10 bits per heavy atom. The molecule has 0 fully saturated rings. The summed E-state index contributed by atoms with van der Waals surface area (Å²) in [4.78, 5) is 33.6. The lowest BCUT2D eigenvalue weighted by atomic mass is 10.2. The van der Waals surface area contributed by atoms with Crippen LogP contribution in [0, 0.1) is 0 Å². The maximum absolute atomic E-state index is 11.7. The van der Waals surface area contributed by atoms with E-state index in [9.17, 15) is 14.4 Å². The number of carboxylic acid groups (broad SMARTS) is 1. The molecule has 0 unspecified atom stereocenters. The van der Waals surface area contributed by atoms with E-state index in [-0.39, 0.29) is 0 Å². The molecule has 0 bridgehead atoms. The number of aliphatic carboxylic acids is 1. The van der Waals surface area contributed by atoms with Crippen molar-refractivity contribution < 1.29 is 24.2 Å². The van der Waals surface area contributed by atoms with Crippen molar-refractivity contribution in [2.45, 2.75) is 12.5 Å². The van der Waals surface area contributed by atoms with Crippen LogP contribution in [0.1, 0.15) is 6.42 Å². The highest BCUT2D eigenvalue weighted by Gasteiger charge is 2.23. The Kier molecular flexibility index (Phi) is 5.98. The monoisotopic (exact) mass is 344 g/mol. The number of rotatable bonds is 5. The number of urea groups is 1. The average molecular weight is 345 g/mol. The van der Waals surface area contributed by atoms with Gasteiger partial charge in [0, 0.05) is 10.2 Å². The Hall–Kier alpha value is -2.09. The molecule has 108 valence electrons. The van der Waals surface area contributed by atoms with Crippen LogP contribution < -0.4 is 10.6 Å². The highest BCUT2D eigenvalue weighted by molar-refractivity contribution is 9.10. The number of carbonyl (C=O) groups is 3. The van der Waals surface area contributed by atoms with E-state index in [1.54, 1.807) is 24.3 Å². The first-order chi connectivity index (χ1) is 9.42. The van der Waals surface area contributed by atoms with Gasteiger partial charge in [0.2, 0.25) is 0 Å². The Balaban J connectivity index is 2.62. The molecule has 8 heteroatoms. The third-order valence-electron chi connectivity index (χ3n) is 2.28. The highest BCUT2D eigenvalue weighted by atomic mass is 79.9. The Morgan fingerprint density at radius 1 is 1.40 bits per heavy atom. The summed E-state index contributed by atoms with van der Waals surface area (Å²) in [5.41, 5.74) is 0.485. The summed E-state index contributed by atoms with van der Waals surface area (Å²) in [6.45, 7) is 0.